The molecule has 2 aromatic carbocycles. The van der Waals surface area contributed by atoms with Gasteiger partial charge in [-0.05, 0) is 56.7 Å². The van der Waals surface area contributed by atoms with Crippen LogP contribution in [-0.4, -0.2) is 50.9 Å². The fraction of sp³-hybridized carbons (Fsp3) is 0.364. The second-order valence-corrected chi connectivity index (χ2v) is 9.33. The predicted octanol–water partition coefficient (Wildman–Crippen LogP) is 3.03. The number of carbonyl (C=O) groups is 2. The minimum atomic E-state index is -3.72. The predicted molar refractivity (Wildman–Crippen MR) is 121 cm³/mol. The first-order valence-electron chi connectivity index (χ1n) is 10.3. The van der Waals surface area contributed by atoms with Crippen LogP contribution in [0, 0.1) is 0 Å². The van der Waals surface area contributed by atoms with E-state index in [1.807, 2.05) is 13.0 Å². The highest BCUT2D eigenvalue weighted by molar-refractivity contribution is 7.92. The van der Waals surface area contributed by atoms with Gasteiger partial charge in [-0.2, -0.15) is 0 Å². The van der Waals surface area contributed by atoms with Crippen molar-refractivity contribution in [1.29, 1.82) is 0 Å². The third-order valence-corrected chi connectivity index (χ3v) is 6.99. The van der Waals surface area contributed by atoms with Crippen LogP contribution in [0.3, 0.4) is 0 Å². The van der Waals surface area contributed by atoms with Crippen molar-refractivity contribution in [1.82, 2.24) is 10.2 Å². The highest BCUT2D eigenvalue weighted by Crippen LogP contribution is 2.24. The lowest BCUT2D eigenvalue weighted by Crippen LogP contribution is -2.44. The Bertz CT molecular complexity index is 1010. The summed E-state index contributed by atoms with van der Waals surface area (Å²) < 4.78 is 27.4. The number of hydrogen-bond donors (Lipinski definition) is 2. The van der Waals surface area contributed by atoms with Crippen LogP contribution in [0.4, 0.5) is 16.2 Å². The smallest absolute Gasteiger partial charge is 0.319 e. The molecule has 3 rings (SSSR count). The second-order valence-electron chi connectivity index (χ2n) is 7.47. The Balaban J connectivity index is 1.61. The van der Waals surface area contributed by atoms with Crippen molar-refractivity contribution < 1.29 is 18.0 Å². The zero-order valence-electron chi connectivity index (χ0n) is 17.7. The van der Waals surface area contributed by atoms with Crippen LogP contribution < -0.4 is 14.9 Å². The van der Waals surface area contributed by atoms with Crippen LogP contribution in [0.5, 0.6) is 0 Å². The number of carbonyl (C=O) groups excluding carboxylic acids is 2. The zero-order valence-corrected chi connectivity index (χ0v) is 18.6. The average molecular weight is 445 g/mol. The molecule has 1 aliphatic rings. The van der Waals surface area contributed by atoms with Crippen molar-refractivity contribution in [3.63, 3.8) is 0 Å². The third kappa shape index (κ3) is 5.55. The Morgan fingerprint density at radius 3 is 2.39 bits per heavy atom. The summed E-state index contributed by atoms with van der Waals surface area (Å²) in [5.41, 5.74) is 1.07. The first-order chi connectivity index (χ1) is 14.8. The fourth-order valence-electron chi connectivity index (χ4n) is 3.59. The molecule has 8 nitrogen and oxygen atoms in total. The molecule has 2 aromatic rings. The molecule has 0 unspecified atom stereocenters. The van der Waals surface area contributed by atoms with Crippen LogP contribution in [0.2, 0.25) is 0 Å². The summed E-state index contributed by atoms with van der Waals surface area (Å²) in [5, 5.41) is 5.50. The van der Waals surface area contributed by atoms with Gasteiger partial charge < -0.3 is 15.5 Å². The van der Waals surface area contributed by atoms with E-state index < -0.39 is 16.1 Å². The maximum absolute atomic E-state index is 13.0. The molecule has 0 aliphatic carbocycles. The van der Waals surface area contributed by atoms with Gasteiger partial charge in [0.25, 0.3) is 10.0 Å². The number of sulfonamides is 1. The standard InChI is InChI=1S/C22H28N4O4S/c1-3-26(19-8-5-4-6-9-19)31(29,30)20-13-11-18(12-14-20)24-22(28)23-17(2)16-25-15-7-10-21(25)27/h4-6,8-9,11-14,17H,3,7,10,15-16H2,1-2H3,(H2,23,24,28)/t17-/m0/s1. The summed E-state index contributed by atoms with van der Waals surface area (Å²) in [7, 11) is -3.72. The minimum Gasteiger partial charge on any atom is -0.341 e. The van der Waals surface area contributed by atoms with Gasteiger partial charge in [-0.25, -0.2) is 13.2 Å². The number of hydrogen-bond acceptors (Lipinski definition) is 4. The quantitative estimate of drug-likeness (QED) is 0.654. The number of anilines is 2. The number of rotatable bonds is 8. The van der Waals surface area contributed by atoms with E-state index in [4.69, 9.17) is 0 Å². The summed E-state index contributed by atoms with van der Waals surface area (Å²) in [6.07, 6.45) is 1.42. The average Bonchev–Trinajstić information content (AvgIpc) is 3.13. The molecule has 1 heterocycles. The number of likely N-dealkylation sites (tertiary alicyclic amines) is 1. The summed E-state index contributed by atoms with van der Waals surface area (Å²) in [5.74, 6) is 0.113. The van der Waals surface area contributed by atoms with Crippen LogP contribution in [0.25, 0.3) is 0 Å². The van der Waals surface area contributed by atoms with Crippen LogP contribution in [-0.2, 0) is 14.8 Å². The zero-order chi connectivity index (χ0) is 22.4. The van der Waals surface area contributed by atoms with E-state index in [-0.39, 0.29) is 16.8 Å². The Morgan fingerprint density at radius 2 is 1.81 bits per heavy atom. The topological polar surface area (TPSA) is 98.8 Å². The van der Waals surface area contributed by atoms with Gasteiger partial charge in [0.05, 0.1) is 10.6 Å². The van der Waals surface area contributed by atoms with E-state index in [2.05, 4.69) is 10.6 Å². The molecule has 166 valence electrons. The molecule has 2 N–H and O–H groups in total. The number of benzene rings is 2. The molecule has 1 atom stereocenters. The lowest BCUT2D eigenvalue weighted by molar-refractivity contribution is -0.127. The van der Waals surface area contributed by atoms with E-state index in [1.165, 1.54) is 16.4 Å². The van der Waals surface area contributed by atoms with E-state index >= 15 is 0 Å². The molecule has 31 heavy (non-hydrogen) atoms. The van der Waals surface area contributed by atoms with E-state index in [0.29, 0.717) is 30.9 Å². The van der Waals surface area contributed by atoms with E-state index in [1.54, 1.807) is 48.2 Å². The van der Waals surface area contributed by atoms with E-state index in [0.717, 1.165) is 13.0 Å². The van der Waals surface area contributed by atoms with Crippen LogP contribution >= 0.6 is 0 Å². The van der Waals surface area contributed by atoms with Crippen LogP contribution in [0.1, 0.15) is 26.7 Å². The highest BCUT2D eigenvalue weighted by Gasteiger charge is 2.24. The molecule has 0 radical (unpaired) electrons. The summed E-state index contributed by atoms with van der Waals surface area (Å²) in [4.78, 5) is 25.8. The van der Waals surface area contributed by atoms with Gasteiger partial charge in [0.1, 0.15) is 0 Å². The molecular formula is C22H28N4O4S. The van der Waals surface area contributed by atoms with Gasteiger partial charge >= 0.3 is 6.03 Å². The number of urea groups is 1. The monoisotopic (exact) mass is 444 g/mol. The lowest BCUT2D eigenvalue weighted by atomic mass is 10.3. The molecule has 1 fully saturated rings. The fourth-order valence-corrected chi connectivity index (χ4v) is 5.06. The molecular weight excluding hydrogens is 416 g/mol. The molecule has 1 saturated heterocycles. The van der Waals surface area contributed by atoms with Crippen molar-refractivity contribution in [3.8, 4) is 0 Å². The van der Waals surface area contributed by atoms with Gasteiger partial charge in [-0.1, -0.05) is 18.2 Å². The number of para-hydroxylation sites is 1. The number of amides is 3. The summed E-state index contributed by atoms with van der Waals surface area (Å²) in [6.45, 7) is 5.10. The molecule has 1 aliphatic heterocycles. The maximum Gasteiger partial charge on any atom is 0.319 e. The molecule has 9 heteroatoms. The SMILES string of the molecule is CCN(c1ccccc1)S(=O)(=O)c1ccc(NC(=O)N[C@@H](C)CN2CCCC2=O)cc1. The maximum atomic E-state index is 13.0. The highest BCUT2D eigenvalue weighted by atomic mass is 32.2. The summed E-state index contributed by atoms with van der Waals surface area (Å²) >= 11 is 0. The number of nitrogens with zero attached hydrogens (tertiary/aromatic N) is 2. The number of nitrogens with one attached hydrogen (secondary N) is 2. The Morgan fingerprint density at radius 1 is 1.13 bits per heavy atom. The van der Waals surface area contributed by atoms with Gasteiger partial charge in [0.2, 0.25) is 5.91 Å². The molecule has 0 aromatic heterocycles. The van der Waals surface area contributed by atoms with Crippen LogP contribution in [0.15, 0.2) is 59.5 Å². The first-order valence-corrected chi connectivity index (χ1v) is 11.8. The van der Waals surface area contributed by atoms with Gasteiger partial charge in [0.15, 0.2) is 0 Å². The van der Waals surface area contributed by atoms with Crippen molar-refractivity contribution in [2.45, 2.75) is 37.6 Å². The normalized spacial score (nSPS) is 14.9. The van der Waals surface area contributed by atoms with Crippen molar-refractivity contribution in [2.24, 2.45) is 0 Å². The van der Waals surface area contributed by atoms with Gasteiger partial charge in [0, 0.05) is 37.8 Å². The lowest BCUT2D eigenvalue weighted by Gasteiger charge is -2.23. The second kappa shape index (κ2) is 9.82. The van der Waals surface area contributed by atoms with Crippen molar-refractivity contribution >= 4 is 33.3 Å². The Hall–Kier alpha value is -3.07. The largest absolute Gasteiger partial charge is 0.341 e. The third-order valence-electron chi connectivity index (χ3n) is 5.07. The summed E-state index contributed by atoms with van der Waals surface area (Å²) in [6, 6.07) is 14.4. The Labute approximate surface area is 183 Å². The minimum absolute atomic E-state index is 0.113. The molecule has 0 saturated carbocycles. The molecule has 0 bridgehead atoms. The van der Waals surface area contributed by atoms with Gasteiger partial charge in [-0.15, -0.1) is 0 Å². The van der Waals surface area contributed by atoms with Gasteiger partial charge in [-0.3, -0.25) is 9.10 Å². The van der Waals surface area contributed by atoms with Crippen molar-refractivity contribution in [2.75, 3.05) is 29.3 Å². The van der Waals surface area contributed by atoms with Crippen molar-refractivity contribution in [3.05, 3.63) is 54.6 Å². The molecule has 3 amide bonds. The first kappa shape index (κ1) is 22.6. The Kier molecular flexibility index (Phi) is 7.17. The van der Waals surface area contributed by atoms with E-state index in [9.17, 15) is 18.0 Å². The molecule has 0 spiro atoms.